The van der Waals surface area contributed by atoms with Gasteiger partial charge in [0, 0.05) is 31.7 Å². The number of Topliss-reactive ketones (excluding diaryl/α,β-unsaturated/α-hetero) is 1. The Morgan fingerprint density at radius 1 is 1.12 bits per heavy atom. The summed E-state index contributed by atoms with van der Waals surface area (Å²) < 4.78 is 0. The van der Waals surface area contributed by atoms with Crippen molar-refractivity contribution >= 4 is 17.4 Å². The van der Waals surface area contributed by atoms with Crippen LogP contribution in [0.4, 0.5) is 5.69 Å². The molecule has 1 aromatic carbocycles. The molecule has 1 unspecified atom stereocenters. The Labute approximate surface area is 150 Å². The molecule has 1 aliphatic heterocycles. The number of benzene rings is 1. The molecule has 2 aliphatic rings. The lowest BCUT2D eigenvalue weighted by atomic mass is 9.84. The molecule has 1 amide bonds. The number of nitrogens with one attached hydrogen (secondary N) is 1. The van der Waals surface area contributed by atoms with Gasteiger partial charge in [0.15, 0.2) is 5.78 Å². The molecule has 3 rings (SSSR count). The molecule has 136 valence electrons. The van der Waals surface area contributed by atoms with Gasteiger partial charge in [0.25, 0.3) is 0 Å². The Bertz CT molecular complexity index is 593. The summed E-state index contributed by atoms with van der Waals surface area (Å²) in [5, 5.41) is 3.30. The number of carbonyl (C=O) groups is 2. The first-order chi connectivity index (χ1) is 12.1. The molecule has 0 bridgehead atoms. The summed E-state index contributed by atoms with van der Waals surface area (Å²) in [6.45, 7) is 1.86. The standard InChI is InChI=1S/C20H29N3O2/c21-17-8-6-16(7-9-17)13-20(25)23-11-10-22-18(14-23)19(24)12-15-4-2-1-3-5-15/h6-9,15,18,22H,1-5,10-14,21H2. The Kier molecular flexibility index (Phi) is 6.08. The van der Waals surface area contributed by atoms with Gasteiger partial charge in [-0.3, -0.25) is 9.59 Å². The van der Waals surface area contributed by atoms with Crippen molar-refractivity contribution in [1.29, 1.82) is 0 Å². The van der Waals surface area contributed by atoms with Crippen LogP contribution < -0.4 is 11.1 Å². The fraction of sp³-hybridized carbons (Fsp3) is 0.600. The number of amides is 1. The Morgan fingerprint density at radius 3 is 2.56 bits per heavy atom. The number of nitrogens with two attached hydrogens (primary N) is 1. The fourth-order valence-corrected chi connectivity index (χ4v) is 3.93. The smallest absolute Gasteiger partial charge is 0.227 e. The predicted octanol–water partition coefficient (Wildman–Crippen LogP) is 2.15. The molecular weight excluding hydrogens is 314 g/mol. The first-order valence-corrected chi connectivity index (χ1v) is 9.50. The number of piperazine rings is 1. The molecule has 2 fully saturated rings. The first-order valence-electron chi connectivity index (χ1n) is 9.50. The van der Waals surface area contributed by atoms with E-state index >= 15 is 0 Å². The maximum absolute atomic E-state index is 12.6. The Balaban J connectivity index is 1.52. The van der Waals surface area contributed by atoms with Gasteiger partial charge in [-0.2, -0.15) is 0 Å². The van der Waals surface area contributed by atoms with Crippen molar-refractivity contribution in [3.8, 4) is 0 Å². The lowest BCUT2D eigenvalue weighted by Gasteiger charge is -2.34. The van der Waals surface area contributed by atoms with Crippen LogP contribution in [0.2, 0.25) is 0 Å². The van der Waals surface area contributed by atoms with Crippen LogP contribution in [-0.4, -0.2) is 42.3 Å². The van der Waals surface area contributed by atoms with Crippen LogP contribution in [-0.2, 0) is 16.0 Å². The van der Waals surface area contributed by atoms with Gasteiger partial charge in [0.1, 0.15) is 0 Å². The summed E-state index contributed by atoms with van der Waals surface area (Å²) in [7, 11) is 0. The summed E-state index contributed by atoms with van der Waals surface area (Å²) in [6.07, 6.45) is 7.20. The SMILES string of the molecule is Nc1ccc(CC(=O)N2CCNC(C(=O)CC3CCCCC3)C2)cc1. The highest BCUT2D eigenvalue weighted by Gasteiger charge is 2.29. The van der Waals surface area contributed by atoms with Crippen molar-refractivity contribution in [3.05, 3.63) is 29.8 Å². The van der Waals surface area contributed by atoms with Crippen molar-refractivity contribution in [2.45, 2.75) is 51.0 Å². The minimum Gasteiger partial charge on any atom is -0.399 e. The normalized spacial score (nSPS) is 21.9. The van der Waals surface area contributed by atoms with Crippen molar-refractivity contribution in [2.24, 2.45) is 5.92 Å². The van der Waals surface area contributed by atoms with Crippen molar-refractivity contribution in [3.63, 3.8) is 0 Å². The molecule has 0 radical (unpaired) electrons. The number of carbonyl (C=O) groups excluding carboxylic acids is 2. The van der Waals surface area contributed by atoms with Crippen molar-refractivity contribution in [2.75, 3.05) is 25.4 Å². The quantitative estimate of drug-likeness (QED) is 0.803. The summed E-state index contributed by atoms with van der Waals surface area (Å²) in [6, 6.07) is 7.21. The topological polar surface area (TPSA) is 75.4 Å². The second-order valence-electron chi connectivity index (χ2n) is 7.44. The molecule has 5 nitrogen and oxygen atoms in total. The highest BCUT2D eigenvalue weighted by molar-refractivity contribution is 5.86. The van der Waals surface area contributed by atoms with Crippen LogP contribution in [0.15, 0.2) is 24.3 Å². The van der Waals surface area contributed by atoms with Gasteiger partial charge >= 0.3 is 0 Å². The van der Waals surface area contributed by atoms with E-state index in [-0.39, 0.29) is 17.7 Å². The minimum atomic E-state index is -0.203. The van der Waals surface area contributed by atoms with E-state index in [1.54, 1.807) is 0 Å². The lowest BCUT2D eigenvalue weighted by Crippen LogP contribution is -2.56. The highest BCUT2D eigenvalue weighted by atomic mass is 16.2. The molecule has 25 heavy (non-hydrogen) atoms. The monoisotopic (exact) mass is 343 g/mol. The molecule has 0 spiro atoms. The van der Waals surface area contributed by atoms with E-state index in [9.17, 15) is 9.59 Å². The zero-order chi connectivity index (χ0) is 17.6. The lowest BCUT2D eigenvalue weighted by molar-refractivity contribution is -0.133. The third kappa shape index (κ3) is 5.05. The van der Waals surface area contributed by atoms with E-state index < -0.39 is 0 Å². The zero-order valence-electron chi connectivity index (χ0n) is 14.9. The van der Waals surface area contributed by atoms with Crippen LogP contribution in [0.1, 0.15) is 44.1 Å². The predicted molar refractivity (Wildman–Crippen MR) is 99.1 cm³/mol. The van der Waals surface area contributed by atoms with E-state index in [2.05, 4.69) is 5.32 Å². The maximum Gasteiger partial charge on any atom is 0.227 e. The molecule has 1 saturated heterocycles. The number of nitrogens with zero attached hydrogens (tertiary/aromatic N) is 1. The fourth-order valence-electron chi connectivity index (χ4n) is 3.93. The number of anilines is 1. The number of nitrogen functional groups attached to an aromatic ring is 1. The van der Waals surface area contributed by atoms with Crippen LogP contribution in [0.5, 0.6) is 0 Å². The molecule has 5 heteroatoms. The average Bonchev–Trinajstić information content (AvgIpc) is 2.64. The van der Waals surface area contributed by atoms with E-state index in [1.807, 2.05) is 29.2 Å². The van der Waals surface area contributed by atoms with Crippen LogP contribution >= 0.6 is 0 Å². The van der Waals surface area contributed by atoms with Gasteiger partial charge in [0.05, 0.1) is 12.5 Å². The summed E-state index contributed by atoms with van der Waals surface area (Å²) in [5.41, 5.74) is 7.35. The van der Waals surface area contributed by atoms with Crippen LogP contribution in [0, 0.1) is 5.92 Å². The van der Waals surface area contributed by atoms with Crippen molar-refractivity contribution in [1.82, 2.24) is 10.2 Å². The molecular formula is C20H29N3O2. The van der Waals surface area contributed by atoms with Gasteiger partial charge in [-0.05, 0) is 23.6 Å². The van der Waals surface area contributed by atoms with Gasteiger partial charge in [-0.1, -0.05) is 44.2 Å². The maximum atomic E-state index is 12.6. The highest BCUT2D eigenvalue weighted by Crippen LogP contribution is 2.27. The molecule has 1 heterocycles. The Hall–Kier alpha value is -1.88. The third-order valence-electron chi connectivity index (χ3n) is 5.47. The molecule has 1 aromatic rings. The van der Waals surface area contributed by atoms with E-state index in [1.165, 1.54) is 32.1 Å². The van der Waals surface area contributed by atoms with E-state index in [0.717, 1.165) is 5.56 Å². The molecule has 3 N–H and O–H groups in total. The van der Waals surface area contributed by atoms with E-state index in [4.69, 9.17) is 5.73 Å². The van der Waals surface area contributed by atoms with E-state index in [0.29, 0.717) is 44.1 Å². The number of rotatable bonds is 5. The first kappa shape index (κ1) is 17.9. The number of hydrogen-bond donors (Lipinski definition) is 2. The molecule has 0 aromatic heterocycles. The van der Waals surface area contributed by atoms with Gasteiger partial charge < -0.3 is 16.0 Å². The molecule has 1 atom stereocenters. The Morgan fingerprint density at radius 2 is 1.84 bits per heavy atom. The van der Waals surface area contributed by atoms with Gasteiger partial charge in [-0.25, -0.2) is 0 Å². The van der Waals surface area contributed by atoms with Gasteiger partial charge in [-0.15, -0.1) is 0 Å². The van der Waals surface area contributed by atoms with Crippen molar-refractivity contribution < 1.29 is 9.59 Å². The summed E-state index contributed by atoms with van der Waals surface area (Å²) >= 11 is 0. The molecule has 1 saturated carbocycles. The minimum absolute atomic E-state index is 0.0849. The largest absolute Gasteiger partial charge is 0.399 e. The number of hydrogen-bond acceptors (Lipinski definition) is 4. The summed E-state index contributed by atoms with van der Waals surface area (Å²) in [4.78, 5) is 27.0. The second-order valence-corrected chi connectivity index (χ2v) is 7.44. The number of ketones is 1. The summed E-state index contributed by atoms with van der Waals surface area (Å²) in [5.74, 6) is 0.905. The average molecular weight is 343 g/mol. The second kappa shape index (κ2) is 8.48. The third-order valence-corrected chi connectivity index (χ3v) is 5.47. The van der Waals surface area contributed by atoms with Crippen LogP contribution in [0.25, 0.3) is 0 Å². The van der Waals surface area contributed by atoms with Crippen LogP contribution in [0.3, 0.4) is 0 Å². The van der Waals surface area contributed by atoms with Gasteiger partial charge in [0.2, 0.25) is 5.91 Å². The zero-order valence-corrected chi connectivity index (χ0v) is 14.9. The molecule has 1 aliphatic carbocycles.